The van der Waals surface area contributed by atoms with Crippen molar-refractivity contribution < 1.29 is 4.21 Å². The molecule has 1 rings (SSSR count). The molecule has 0 bridgehead atoms. The van der Waals surface area contributed by atoms with E-state index in [1.54, 1.807) is 0 Å². The molecular formula is C14H26OSSi2. The first kappa shape index (κ1) is 15.9. The van der Waals surface area contributed by atoms with Crippen molar-refractivity contribution in [3.05, 3.63) is 35.9 Å². The van der Waals surface area contributed by atoms with E-state index in [4.69, 9.17) is 0 Å². The lowest BCUT2D eigenvalue weighted by Crippen LogP contribution is -2.39. The first-order valence-electron chi connectivity index (χ1n) is 6.53. The zero-order valence-corrected chi connectivity index (χ0v) is 15.3. The van der Waals surface area contributed by atoms with Crippen LogP contribution in [0.1, 0.15) is 10.4 Å². The molecule has 0 radical (unpaired) electrons. The lowest BCUT2D eigenvalue weighted by molar-refractivity contribution is 0.683. The summed E-state index contributed by atoms with van der Waals surface area (Å²) in [4.78, 5) is 0.269. The van der Waals surface area contributed by atoms with Gasteiger partial charge in [0.25, 0.3) is 0 Å². The van der Waals surface area contributed by atoms with Crippen molar-refractivity contribution in [3.8, 4) is 0 Å². The molecule has 0 aliphatic carbocycles. The van der Waals surface area contributed by atoms with Crippen LogP contribution in [0.4, 0.5) is 0 Å². The fourth-order valence-corrected chi connectivity index (χ4v) is 11.8. The fraction of sp³-hybridized carbons (Fsp3) is 0.571. The minimum atomic E-state index is -1.47. The van der Waals surface area contributed by atoms with Crippen molar-refractivity contribution in [1.29, 1.82) is 0 Å². The molecule has 0 fully saturated rings. The highest BCUT2D eigenvalue weighted by molar-refractivity contribution is 7.89. The van der Waals surface area contributed by atoms with Crippen LogP contribution >= 0.6 is 0 Å². The fourth-order valence-electron chi connectivity index (χ4n) is 2.18. The molecule has 102 valence electrons. The molecule has 0 spiro atoms. The van der Waals surface area contributed by atoms with E-state index < -0.39 is 26.9 Å². The summed E-state index contributed by atoms with van der Waals surface area (Å²) >= 11 is 0. The Hall–Kier alpha value is -0.196. The summed E-state index contributed by atoms with van der Waals surface area (Å²) in [6.45, 7) is 13.9. The van der Waals surface area contributed by atoms with E-state index in [1.807, 2.05) is 6.07 Å². The Balaban J connectivity index is 3.05. The highest BCUT2D eigenvalue weighted by Crippen LogP contribution is 2.31. The minimum Gasteiger partial charge on any atom is -0.260 e. The van der Waals surface area contributed by atoms with Crippen molar-refractivity contribution in [2.24, 2.45) is 0 Å². The first-order chi connectivity index (χ1) is 8.11. The van der Waals surface area contributed by atoms with Crippen molar-refractivity contribution in [2.45, 2.75) is 44.2 Å². The Morgan fingerprint density at radius 2 is 1.50 bits per heavy atom. The van der Waals surface area contributed by atoms with Gasteiger partial charge in [-0.3, -0.25) is 4.21 Å². The zero-order valence-electron chi connectivity index (χ0n) is 12.5. The van der Waals surface area contributed by atoms with Crippen molar-refractivity contribution in [1.82, 2.24) is 0 Å². The molecule has 1 nitrogen and oxygen atoms in total. The molecule has 0 N–H and O–H groups in total. The Kier molecular flexibility index (Phi) is 5.15. The third kappa shape index (κ3) is 4.82. The van der Waals surface area contributed by atoms with Gasteiger partial charge in [0.05, 0.1) is 21.0 Å². The number of hydrogen-bond donors (Lipinski definition) is 0. The highest BCUT2D eigenvalue weighted by Gasteiger charge is 2.35. The van der Waals surface area contributed by atoms with Crippen molar-refractivity contribution >= 4 is 26.9 Å². The second-order valence-corrected chi connectivity index (χ2v) is 20.5. The normalized spacial score (nSPS) is 16.3. The predicted molar refractivity (Wildman–Crippen MR) is 88.9 cm³/mol. The molecule has 0 aromatic heterocycles. The van der Waals surface area contributed by atoms with Gasteiger partial charge in [-0.15, -0.1) is 0 Å². The van der Waals surface area contributed by atoms with Gasteiger partial charge in [-0.1, -0.05) is 69.6 Å². The molecule has 0 amide bonds. The first-order valence-corrected chi connectivity index (χ1v) is 15.2. The number of rotatable bonds is 5. The number of hydrogen-bond acceptors (Lipinski definition) is 1. The van der Waals surface area contributed by atoms with Crippen molar-refractivity contribution in [2.75, 3.05) is 5.38 Å². The van der Waals surface area contributed by atoms with E-state index in [0.717, 1.165) is 5.38 Å². The number of benzene rings is 1. The van der Waals surface area contributed by atoms with Crippen LogP contribution in [0.15, 0.2) is 30.3 Å². The van der Waals surface area contributed by atoms with Crippen LogP contribution in [0.3, 0.4) is 0 Å². The standard InChI is InChI=1S/C14H26OSSi2/c1-17(2,3)12-16(15)14(18(4,5)6)13-10-8-7-9-11-13/h7-11,14H,12H2,1-6H3. The molecule has 1 aromatic carbocycles. The summed E-state index contributed by atoms with van der Waals surface area (Å²) in [7, 11) is -3.47. The Morgan fingerprint density at radius 3 is 1.89 bits per heavy atom. The highest BCUT2D eigenvalue weighted by atomic mass is 32.2. The van der Waals surface area contributed by atoms with Crippen LogP contribution in [-0.2, 0) is 10.8 Å². The van der Waals surface area contributed by atoms with Gasteiger partial charge < -0.3 is 0 Å². The monoisotopic (exact) mass is 298 g/mol. The van der Waals surface area contributed by atoms with Crippen molar-refractivity contribution in [3.63, 3.8) is 0 Å². The summed E-state index contributed by atoms with van der Waals surface area (Å²) in [6.07, 6.45) is 0. The molecule has 18 heavy (non-hydrogen) atoms. The zero-order chi connectivity index (χ0) is 14.0. The molecule has 0 saturated carbocycles. The van der Waals surface area contributed by atoms with Crippen LogP contribution in [0.2, 0.25) is 39.3 Å². The van der Waals surface area contributed by atoms with Gasteiger partial charge in [0.1, 0.15) is 0 Å². The second-order valence-electron chi connectivity index (χ2n) is 7.24. The second kappa shape index (κ2) is 5.84. The van der Waals surface area contributed by atoms with Gasteiger partial charge >= 0.3 is 0 Å². The van der Waals surface area contributed by atoms with Gasteiger partial charge in [0, 0.05) is 16.2 Å². The molecule has 0 saturated heterocycles. The third-order valence-corrected chi connectivity index (χ3v) is 12.9. The SMILES string of the molecule is C[Si](C)(C)CS(=O)C(c1ccccc1)[Si](C)(C)C. The summed E-state index contributed by atoms with van der Waals surface area (Å²) in [5, 5.41) is 0.914. The van der Waals surface area contributed by atoms with Gasteiger partial charge in [0.2, 0.25) is 0 Å². The lowest BCUT2D eigenvalue weighted by Gasteiger charge is -2.30. The molecular weight excluding hydrogens is 272 g/mol. The average Bonchev–Trinajstić information content (AvgIpc) is 2.13. The Labute approximate surface area is 116 Å². The minimum absolute atomic E-state index is 0.269. The summed E-state index contributed by atoms with van der Waals surface area (Å²) in [5.41, 5.74) is 1.27. The molecule has 1 aromatic rings. The Morgan fingerprint density at radius 1 is 1.00 bits per heavy atom. The smallest absolute Gasteiger partial charge is 0.0676 e. The predicted octanol–water partition coefficient (Wildman–Crippen LogP) is 4.23. The van der Waals surface area contributed by atoms with Gasteiger partial charge in [0.15, 0.2) is 0 Å². The molecule has 2 atom stereocenters. The van der Waals surface area contributed by atoms with E-state index in [1.165, 1.54) is 5.56 Å². The van der Waals surface area contributed by atoms with E-state index in [2.05, 4.69) is 63.5 Å². The maximum atomic E-state index is 12.8. The molecule has 0 aliphatic heterocycles. The van der Waals surface area contributed by atoms with Crippen LogP contribution in [-0.4, -0.2) is 25.7 Å². The Bertz CT molecular complexity index is 404. The van der Waals surface area contributed by atoms with Crippen LogP contribution in [0.25, 0.3) is 0 Å². The largest absolute Gasteiger partial charge is 0.260 e. The van der Waals surface area contributed by atoms with E-state index in [-0.39, 0.29) is 4.87 Å². The van der Waals surface area contributed by atoms with E-state index >= 15 is 0 Å². The average molecular weight is 299 g/mol. The maximum absolute atomic E-state index is 12.8. The maximum Gasteiger partial charge on any atom is 0.0676 e. The van der Waals surface area contributed by atoms with Crippen LogP contribution in [0.5, 0.6) is 0 Å². The van der Waals surface area contributed by atoms with Crippen LogP contribution in [0, 0.1) is 0 Å². The lowest BCUT2D eigenvalue weighted by atomic mass is 10.2. The van der Waals surface area contributed by atoms with E-state index in [0.29, 0.717) is 0 Å². The van der Waals surface area contributed by atoms with Crippen LogP contribution < -0.4 is 0 Å². The molecule has 0 aliphatic rings. The topological polar surface area (TPSA) is 17.1 Å². The molecule has 4 heteroatoms. The van der Waals surface area contributed by atoms with Gasteiger partial charge in [-0.2, -0.15) is 0 Å². The summed E-state index contributed by atoms with van der Waals surface area (Å²) in [5.74, 6) is 0. The quantitative estimate of drug-likeness (QED) is 0.743. The third-order valence-electron chi connectivity index (χ3n) is 2.73. The van der Waals surface area contributed by atoms with Gasteiger partial charge in [-0.25, -0.2) is 0 Å². The van der Waals surface area contributed by atoms with E-state index in [9.17, 15) is 4.21 Å². The van der Waals surface area contributed by atoms with Gasteiger partial charge in [-0.05, 0) is 5.56 Å². The molecule has 0 heterocycles. The summed E-state index contributed by atoms with van der Waals surface area (Å²) in [6, 6.07) is 10.4. The molecule has 2 unspecified atom stereocenters. The summed E-state index contributed by atoms with van der Waals surface area (Å²) < 4.78 is 12.8.